The molecule has 0 aliphatic carbocycles. The van der Waals surface area contributed by atoms with E-state index in [4.69, 9.17) is 0 Å². The molecular weight excluding hydrogens is 134 g/mol. The highest BCUT2D eigenvalue weighted by Crippen LogP contribution is 2.02. The molecule has 0 saturated heterocycles. The van der Waals surface area contributed by atoms with Crippen molar-refractivity contribution < 1.29 is 0 Å². The first-order chi connectivity index (χ1) is 4.92. The Morgan fingerprint density at radius 3 is 2.27 bits per heavy atom. The lowest BCUT2D eigenvalue weighted by molar-refractivity contribution is 0.422. The van der Waals surface area contributed by atoms with Gasteiger partial charge in [0.05, 0.1) is 0 Å². The van der Waals surface area contributed by atoms with Crippen LogP contribution < -0.4 is 5.32 Å². The smallest absolute Gasteiger partial charge is 0.00965 e. The van der Waals surface area contributed by atoms with E-state index in [9.17, 15) is 0 Å². The molecule has 0 unspecified atom stereocenters. The van der Waals surface area contributed by atoms with Crippen molar-refractivity contribution in [3.63, 3.8) is 0 Å². The molecule has 0 spiro atoms. The zero-order valence-corrected chi connectivity index (χ0v) is 8.33. The third-order valence-electron chi connectivity index (χ3n) is 1.44. The highest BCUT2D eigenvalue weighted by atomic mass is 14.9. The van der Waals surface area contributed by atoms with E-state index in [1.807, 2.05) is 0 Å². The Labute approximate surface area is 70.9 Å². The standard InChI is InChI=1S/C10H21N/c1-9(2)7-6-8-11-10(3,4)5/h11H,1,6-8H2,2-5H3. The first-order valence-electron chi connectivity index (χ1n) is 4.31. The lowest BCUT2D eigenvalue weighted by Crippen LogP contribution is -2.36. The molecule has 1 nitrogen and oxygen atoms in total. The van der Waals surface area contributed by atoms with Gasteiger partial charge in [-0.15, -0.1) is 6.58 Å². The summed E-state index contributed by atoms with van der Waals surface area (Å²) in [6.45, 7) is 13.6. The third-order valence-corrected chi connectivity index (χ3v) is 1.44. The van der Waals surface area contributed by atoms with Gasteiger partial charge in [0.25, 0.3) is 0 Å². The molecule has 0 aromatic carbocycles. The van der Waals surface area contributed by atoms with Crippen LogP contribution >= 0.6 is 0 Å². The van der Waals surface area contributed by atoms with E-state index < -0.39 is 0 Å². The van der Waals surface area contributed by atoms with Crippen LogP contribution in [0.1, 0.15) is 40.5 Å². The summed E-state index contributed by atoms with van der Waals surface area (Å²) < 4.78 is 0. The molecule has 0 aliphatic heterocycles. The van der Waals surface area contributed by atoms with Gasteiger partial charge in [0, 0.05) is 5.54 Å². The van der Waals surface area contributed by atoms with E-state index in [0.717, 1.165) is 13.0 Å². The molecule has 66 valence electrons. The summed E-state index contributed by atoms with van der Waals surface area (Å²) in [5, 5.41) is 3.44. The molecule has 1 heteroatoms. The van der Waals surface area contributed by atoms with E-state index in [1.165, 1.54) is 12.0 Å². The van der Waals surface area contributed by atoms with Gasteiger partial charge in [-0.2, -0.15) is 0 Å². The van der Waals surface area contributed by atoms with E-state index in [0.29, 0.717) is 0 Å². The Balaban J connectivity index is 3.22. The van der Waals surface area contributed by atoms with Crippen LogP contribution in [-0.4, -0.2) is 12.1 Å². The van der Waals surface area contributed by atoms with Gasteiger partial charge in [-0.05, 0) is 47.1 Å². The normalized spacial score (nSPS) is 11.6. The summed E-state index contributed by atoms with van der Waals surface area (Å²) in [5.41, 5.74) is 1.54. The Hall–Kier alpha value is -0.300. The van der Waals surface area contributed by atoms with Gasteiger partial charge >= 0.3 is 0 Å². The van der Waals surface area contributed by atoms with Gasteiger partial charge in [0.2, 0.25) is 0 Å². The predicted molar refractivity (Wildman–Crippen MR) is 51.8 cm³/mol. The monoisotopic (exact) mass is 155 g/mol. The largest absolute Gasteiger partial charge is 0.312 e. The predicted octanol–water partition coefficient (Wildman–Crippen LogP) is 2.73. The van der Waals surface area contributed by atoms with E-state index in [-0.39, 0.29) is 5.54 Å². The van der Waals surface area contributed by atoms with Crippen molar-refractivity contribution >= 4 is 0 Å². The molecule has 0 radical (unpaired) electrons. The molecule has 0 fully saturated rings. The Bertz CT molecular complexity index is 119. The zero-order chi connectivity index (χ0) is 8.91. The van der Waals surface area contributed by atoms with Crippen LogP contribution in [0.5, 0.6) is 0 Å². The van der Waals surface area contributed by atoms with Crippen molar-refractivity contribution in [2.24, 2.45) is 0 Å². The third kappa shape index (κ3) is 9.70. The van der Waals surface area contributed by atoms with Gasteiger partial charge < -0.3 is 5.32 Å². The SMILES string of the molecule is C=C(C)CCCNC(C)(C)C. The van der Waals surface area contributed by atoms with Gasteiger partial charge in [0.1, 0.15) is 0 Å². The minimum Gasteiger partial charge on any atom is -0.312 e. The number of rotatable bonds is 4. The van der Waals surface area contributed by atoms with Crippen LogP contribution in [-0.2, 0) is 0 Å². The van der Waals surface area contributed by atoms with Gasteiger partial charge in [0.15, 0.2) is 0 Å². The second-order valence-corrected chi connectivity index (χ2v) is 4.24. The van der Waals surface area contributed by atoms with Crippen molar-refractivity contribution in [3.05, 3.63) is 12.2 Å². The highest BCUT2D eigenvalue weighted by Gasteiger charge is 2.06. The van der Waals surface area contributed by atoms with E-state index >= 15 is 0 Å². The fourth-order valence-corrected chi connectivity index (χ4v) is 0.854. The number of hydrogen-bond acceptors (Lipinski definition) is 1. The van der Waals surface area contributed by atoms with Crippen LogP contribution in [0.2, 0.25) is 0 Å². The van der Waals surface area contributed by atoms with Gasteiger partial charge in [-0.3, -0.25) is 0 Å². The summed E-state index contributed by atoms with van der Waals surface area (Å²) in [4.78, 5) is 0. The molecule has 0 saturated carbocycles. The molecule has 1 N–H and O–H groups in total. The van der Waals surface area contributed by atoms with Crippen LogP contribution in [0.3, 0.4) is 0 Å². The first kappa shape index (κ1) is 10.7. The fraction of sp³-hybridized carbons (Fsp3) is 0.800. The maximum Gasteiger partial charge on any atom is 0.00965 e. The molecule has 11 heavy (non-hydrogen) atoms. The van der Waals surface area contributed by atoms with Crippen LogP contribution in [0.25, 0.3) is 0 Å². The van der Waals surface area contributed by atoms with Crippen LogP contribution in [0, 0.1) is 0 Å². The van der Waals surface area contributed by atoms with Gasteiger partial charge in [-0.1, -0.05) is 5.57 Å². The fourth-order valence-electron chi connectivity index (χ4n) is 0.854. The van der Waals surface area contributed by atoms with Crippen molar-refractivity contribution in [1.29, 1.82) is 0 Å². The second kappa shape index (κ2) is 4.55. The molecular formula is C10H21N. The molecule has 0 aliphatic rings. The zero-order valence-electron chi connectivity index (χ0n) is 8.33. The lowest BCUT2D eigenvalue weighted by Gasteiger charge is -2.20. The maximum atomic E-state index is 3.86. The maximum absolute atomic E-state index is 3.86. The summed E-state index contributed by atoms with van der Waals surface area (Å²) in [5.74, 6) is 0. The van der Waals surface area contributed by atoms with Crippen molar-refractivity contribution in [1.82, 2.24) is 5.32 Å². The Kier molecular flexibility index (Phi) is 4.43. The van der Waals surface area contributed by atoms with E-state index in [2.05, 4.69) is 39.6 Å². The minimum absolute atomic E-state index is 0.259. The number of nitrogens with one attached hydrogen (secondary N) is 1. The highest BCUT2D eigenvalue weighted by molar-refractivity contribution is 4.87. The van der Waals surface area contributed by atoms with Crippen LogP contribution in [0.15, 0.2) is 12.2 Å². The second-order valence-electron chi connectivity index (χ2n) is 4.24. The molecule has 0 heterocycles. The van der Waals surface area contributed by atoms with Crippen molar-refractivity contribution in [2.75, 3.05) is 6.54 Å². The summed E-state index contributed by atoms with van der Waals surface area (Å²) in [6, 6.07) is 0. The lowest BCUT2D eigenvalue weighted by atomic mass is 10.1. The number of hydrogen-bond donors (Lipinski definition) is 1. The molecule has 0 amide bonds. The summed E-state index contributed by atoms with van der Waals surface area (Å²) in [7, 11) is 0. The molecule has 0 bridgehead atoms. The molecule has 0 atom stereocenters. The molecule has 0 aromatic rings. The topological polar surface area (TPSA) is 12.0 Å². The molecule has 0 rings (SSSR count). The van der Waals surface area contributed by atoms with Crippen LogP contribution in [0.4, 0.5) is 0 Å². The Morgan fingerprint density at radius 2 is 1.91 bits per heavy atom. The average Bonchev–Trinajstić information content (AvgIpc) is 1.78. The Morgan fingerprint density at radius 1 is 1.36 bits per heavy atom. The van der Waals surface area contributed by atoms with Crippen molar-refractivity contribution in [2.45, 2.75) is 46.1 Å². The number of allylic oxidation sites excluding steroid dienone is 1. The molecule has 0 aromatic heterocycles. The summed E-state index contributed by atoms with van der Waals surface area (Å²) in [6.07, 6.45) is 2.34. The summed E-state index contributed by atoms with van der Waals surface area (Å²) >= 11 is 0. The van der Waals surface area contributed by atoms with E-state index in [1.54, 1.807) is 0 Å². The first-order valence-corrected chi connectivity index (χ1v) is 4.31. The average molecular weight is 155 g/mol. The van der Waals surface area contributed by atoms with Gasteiger partial charge in [-0.25, -0.2) is 0 Å². The van der Waals surface area contributed by atoms with Crippen molar-refractivity contribution in [3.8, 4) is 0 Å². The quantitative estimate of drug-likeness (QED) is 0.486. The minimum atomic E-state index is 0.259.